The first kappa shape index (κ1) is 17.3. The number of carbonyl (C=O) groups excluding carboxylic acids is 1. The first-order chi connectivity index (χ1) is 12.7. The molecule has 2 aromatic rings. The number of pyridine rings is 1. The number of Topliss-reactive ketones (excluding diaryl/α,β-unsaturated/α-hetero) is 1. The maximum Gasteiger partial charge on any atom is 0.180 e. The minimum Gasteiger partial charge on any atom is -0.370 e. The fourth-order valence-corrected chi connectivity index (χ4v) is 4.41. The van der Waals surface area contributed by atoms with E-state index in [9.17, 15) is 4.79 Å². The molecule has 0 radical (unpaired) electrons. The lowest BCUT2D eigenvalue weighted by atomic mass is 9.90. The molecule has 2 saturated heterocycles. The third-order valence-electron chi connectivity index (χ3n) is 6.00. The lowest BCUT2D eigenvalue weighted by Crippen LogP contribution is -2.35. The van der Waals surface area contributed by atoms with Crippen LogP contribution in [0.15, 0.2) is 24.7 Å². The van der Waals surface area contributed by atoms with Crippen LogP contribution in [0.25, 0.3) is 11.2 Å². The van der Waals surface area contributed by atoms with Gasteiger partial charge in [-0.25, -0.2) is 15.0 Å². The van der Waals surface area contributed by atoms with E-state index in [1.807, 2.05) is 12.3 Å². The van der Waals surface area contributed by atoms with E-state index in [-0.39, 0.29) is 6.04 Å². The van der Waals surface area contributed by atoms with E-state index >= 15 is 0 Å². The highest BCUT2D eigenvalue weighted by Crippen LogP contribution is 2.29. The van der Waals surface area contributed by atoms with Crippen LogP contribution < -0.4 is 4.90 Å². The van der Waals surface area contributed by atoms with Crippen LogP contribution >= 0.6 is 0 Å². The normalized spacial score (nSPS) is 22.2. The minimum atomic E-state index is 0.178. The van der Waals surface area contributed by atoms with Crippen molar-refractivity contribution in [2.75, 3.05) is 31.6 Å². The highest BCUT2D eigenvalue weighted by Gasteiger charge is 2.28. The number of carbonyl (C=O) groups is 1. The van der Waals surface area contributed by atoms with Crippen LogP contribution in [0.5, 0.6) is 0 Å². The molecule has 0 N–H and O–H groups in total. The zero-order chi connectivity index (χ0) is 17.9. The van der Waals surface area contributed by atoms with E-state index in [1.165, 1.54) is 0 Å². The average molecular weight is 353 g/mol. The number of fused-ring (bicyclic) bond motifs is 1. The fourth-order valence-electron chi connectivity index (χ4n) is 4.41. The topological polar surface area (TPSA) is 62.2 Å². The van der Waals surface area contributed by atoms with Gasteiger partial charge >= 0.3 is 0 Å². The molecule has 0 saturated carbocycles. The Morgan fingerprint density at radius 2 is 1.85 bits per heavy atom. The molecule has 0 aliphatic carbocycles. The molecule has 1 unspecified atom stereocenters. The second-order valence-electron chi connectivity index (χ2n) is 7.63. The summed E-state index contributed by atoms with van der Waals surface area (Å²) in [5.41, 5.74) is 2.72. The van der Waals surface area contributed by atoms with Gasteiger partial charge in [0.1, 0.15) is 11.3 Å². The Bertz CT molecular complexity index is 766. The Labute approximate surface area is 154 Å². The summed E-state index contributed by atoms with van der Waals surface area (Å²) in [6.45, 7) is 3.09. The first-order valence-electron chi connectivity index (χ1n) is 9.76. The Morgan fingerprint density at radius 3 is 2.62 bits per heavy atom. The zero-order valence-corrected chi connectivity index (χ0v) is 15.5. The zero-order valence-electron chi connectivity index (χ0n) is 15.5. The summed E-state index contributed by atoms with van der Waals surface area (Å²) in [6, 6.07) is 2.22. The molecule has 6 nitrogen and oxygen atoms in total. The van der Waals surface area contributed by atoms with Gasteiger partial charge < -0.3 is 4.90 Å². The average Bonchev–Trinajstić information content (AvgIpc) is 3.12. The van der Waals surface area contributed by atoms with E-state index in [0.29, 0.717) is 17.3 Å². The molecule has 0 spiro atoms. The van der Waals surface area contributed by atoms with Crippen molar-refractivity contribution in [3.63, 3.8) is 0 Å². The molecule has 2 fully saturated rings. The maximum atomic E-state index is 12.5. The van der Waals surface area contributed by atoms with Crippen molar-refractivity contribution in [3.8, 4) is 0 Å². The number of ketones is 1. The highest BCUT2D eigenvalue weighted by atomic mass is 16.1. The molecule has 0 aromatic carbocycles. The van der Waals surface area contributed by atoms with Crippen LogP contribution in [0.4, 0.5) is 5.69 Å². The van der Waals surface area contributed by atoms with Crippen molar-refractivity contribution in [1.82, 2.24) is 19.9 Å². The van der Waals surface area contributed by atoms with Crippen molar-refractivity contribution in [2.45, 2.75) is 44.6 Å². The summed E-state index contributed by atoms with van der Waals surface area (Å²) >= 11 is 0. The number of nitrogens with zero attached hydrogens (tertiary/aromatic N) is 5. The fraction of sp³-hybridized carbons (Fsp3) is 0.600. The van der Waals surface area contributed by atoms with Crippen LogP contribution in [-0.2, 0) is 4.79 Å². The van der Waals surface area contributed by atoms with Crippen LogP contribution in [0, 0.1) is 5.92 Å². The van der Waals surface area contributed by atoms with Crippen molar-refractivity contribution in [1.29, 1.82) is 0 Å². The van der Waals surface area contributed by atoms with Crippen molar-refractivity contribution >= 4 is 22.6 Å². The minimum absolute atomic E-state index is 0.178. The SMILES string of the molecule is CN1CCCC1C(=O)CCC1CCN(c2ccnc3nccnc23)CC1. The second kappa shape index (κ2) is 7.66. The molecule has 2 aromatic heterocycles. The maximum absolute atomic E-state index is 12.5. The van der Waals surface area contributed by atoms with Crippen molar-refractivity contribution in [3.05, 3.63) is 24.7 Å². The number of hydrogen-bond acceptors (Lipinski definition) is 6. The summed E-state index contributed by atoms with van der Waals surface area (Å²) in [7, 11) is 2.08. The number of likely N-dealkylation sites (N-methyl/N-ethyl adjacent to an activating group) is 1. The summed E-state index contributed by atoms with van der Waals surface area (Å²) in [4.78, 5) is 30.1. The molecule has 4 rings (SSSR count). The predicted molar refractivity (Wildman–Crippen MR) is 102 cm³/mol. The van der Waals surface area contributed by atoms with Gasteiger partial charge in [-0.3, -0.25) is 9.69 Å². The molecule has 1 atom stereocenters. The third-order valence-corrected chi connectivity index (χ3v) is 6.00. The van der Waals surface area contributed by atoms with Gasteiger partial charge in [-0.1, -0.05) is 0 Å². The molecular formula is C20H27N5O. The van der Waals surface area contributed by atoms with Gasteiger partial charge in [0.2, 0.25) is 0 Å². The summed E-state index contributed by atoms with van der Waals surface area (Å²) in [6.07, 6.45) is 11.5. The van der Waals surface area contributed by atoms with Gasteiger partial charge in [0.15, 0.2) is 5.65 Å². The summed E-state index contributed by atoms with van der Waals surface area (Å²) in [5, 5.41) is 0. The number of rotatable bonds is 5. The molecule has 4 heterocycles. The van der Waals surface area contributed by atoms with Crippen molar-refractivity contribution < 1.29 is 4.79 Å². The molecule has 0 amide bonds. The Hall–Kier alpha value is -2.08. The molecular weight excluding hydrogens is 326 g/mol. The van der Waals surface area contributed by atoms with Crippen LogP contribution in [-0.4, -0.2) is 58.4 Å². The summed E-state index contributed by atoms with van der Waals surface area (Å²) in [5.74, 6) is 1.10. The van der Waals surface area contributed by atoms with Crippen molar-refractivity contribution in [2.24, 2.45) is 5.92 Å². The van der Waals surface area contributed by atoms with E-state index in [4.69, 9.17) is 0 Å². The van der Waals surface area contributed by atoms with E-state index in [0.717, 1.165) is 69.4 Å². The quantitative estimate of drug-likeness (QED) is 0.824. The lowest BCUT2D eigenvalue weighted by Gasteiger charge is -2.34. The van der Waals surface area contributed by atoms with Gasteiger partial charge in [-0.15, -0.1) is 0 Å². The highest BCUT2D eigenvalue weighted by molar-refractivity contribution is 5.85. The smallest absolute Gasteiger partial charge is 0.180 e. The monoisotopic (exact) mass is 353 g/mol. The third kappa shape index (κ3) is 3.56. The van der Waals surface area contributed by atoms with Gasteiger partial charge in [-0.05, 0) is 57.7 Å². The number of hydrogen-bond donors (Lipinski definition) is 0. The lowest BCUT2D eigenvalue weighted by molar-refractivity contribution is -0.123. The van der Waals surface area contributed by atoms with Gasteiger partial charge in [0, 0.05) is 38.1 Å². The largest absolute Gasteiger partial charge is 0.370 e. The molecule has 2 aliphatic heterocycles. The predicted octanol–water partition coefficient (Wildman–Crippen LogP) is 2.68. The molecule has 138 valence electrons. The number of piperidine rings is 1. The number of aromatic nitrogens is 3. The van der Waals surface area contributed by atoms with Gasteiger partial charge in [-0.2, -0.15) is 0 Å². The van der Waals surface area contributed by atoms with Gasteiger partial charge in [0.25, 0.3) is 0 Å². The molecule has 0 bridgehead atoms. The van der Waals surface area contributed by atoms with Gasteiger partial charge in [0.05, 0.1) is 11.7 Å². The van der Waals surface area contributed by atoms with E-state index < -0.39 is 0 Å². The molecule has 6 heteroatoms. The summed E-state index contributed by atoms with van der Waals surface area (Å²) < 4.78 is 0. The first-order valence-corrected chi connectivity index (χ1v) is 9.76. The Morgan fingerprint density at radius 1 is 1.08 bits per heavy atom. The van der Waals surface area contributed by atoms with Crippen LogP contribution in [0.1, 0.15) is 38.5 Å². The van der Waals surface area contributed by atoms with E-state index in [1.54, 1.807) is 12.4 Å². The molecule has 2 aliphatic rings. The Balaban J connectivity index is 1.32. The van der Waals surface area contributed by atoms with Crippen LogP contribution in [0.2, 0.25) is 0 Å². The van der Waals surface area contributed by atoms with E-state index in [2.05, 4.69) is 31.8 Å². The van der Waals surface area contributed by atoms with Crippen LogP contribution in [0.3, 0.4) is 0 Å². The second-order valence-corrected chi connectivity index (χ2v) is 7.63. The number of anilines is 1. The Kier molecular flexibility index (Phi) is 5.11. The standard InChI is InChI=1S/C20H27N5O/c1-24-12-2-3-16(24)18(26)5-4-15-7-13-25(14-8-15)17-6-9-22-20-19(17)21-10-11-23-20/h6,9-11,15-16H,2-5,7-8,12-14H2,1H3. The number of likely N-dealkylation sites (tertiary alicyclic amines) is 1. The molecule has 26 heavy (non-hydrogen) atoms.